The molecule has 0 fully saturated rings. The number of aromatic nitrogens is 2. The lowest BCUT2D eigenvalue weighted by Crippen LogP contribution is -2.30. The molecule has 84 valence electrons. The summed E-state index contributed by atoms with van der Waals surface area (Å²) in [7, 11) is 0. The Morgan fingerprint density at radius 2 is 2.20 bits per heavy atom. The molecular formula is C11H19N2O2+. The van der Waals surface area contributed by atoms with Crippen LogP contribution in [0.1, 0.15) is 32.6 Å². The average Bonchev–Trinajstić information content (AvgIpc) is 2.65. The molecule has 0 atom stereocenters. The quantitative estimate of drug-likeness (QED) is 0.548. The van der Waals surface area contributed by atoms with Crippen LogP contribution < -0.4 is 4.57 Å². The van der Waals surface area contributed by atoms with E-state index in [0.717, 1.165) is 32.4 Å². The minimum absolute atomic E-state index is 0.292. The van der Waals surface area contributed by atoms with Crippen molar-refractivity contribution in [3.8, 4) is 0 Å². The molecule has 1 heterocycles. The molecule has 4 nitrogen and oxygen atoms in total. The fraction of sp³-hybridized carbons (Fsp3) is 0.636. The van der Waals surface area contributed by atoms with E-state index in [4.69, 9.17) is 5.11 Å². The number of carbonyl (C=O) groups is 1. The summed E-state index contributed by atoms with van der Waals surface area (Å²) in [6.45, 7) is 4.08. The topological polar surface area (TPSA) is 46.1 Å². The Labute approximate surface area is 90.2 Å². The van der Waals surface area contributed by atoms with E-state index in [1.807, 2.05) is 0 Å². The molecule has 15 heavy (non-hydrogen) atoms. The number of imidazole rings is 1. The lowest BCUT2D eigenvalue weighted by atomic mass is 10.2. The van der Waals surface area contributed by atoms with Crippen molar-refractivity contribution in [2.75, 3.05) is 0 Å². The fourth-order valence-electron chi connectivity index (χ4n) is 1.51. The summed E-state index contributed by atoms with van der Waals surface area (Å²) in [6.07, 6.45) is 9.29. The zero-order valence-corrected chi connectivity index (χ0v) is 9.22. The highest BCUT2D eigenvalue weighted by Crippen LogP contribution is 1.99. The van der Waals surface area contributed by atoms with Gasteiger partial charge in [0.05, 0.1) is 13.1 Å². The van der Waals surface area contributed by atoms with Crippen molar-refractivity contribution in [1.82, 2.24) is 4.57 Å². The first kappa shape index (κ1) is 11.8. The Kier molecular flexibility index (Phi) is 4.87. The van der Waals surface area contributed by atoms with Crippen molar-refractivity contribution in [2.45, 2.75) is 45.7 Å². The first-order chi connectivity index (χ1) is 7.22. The summed E-state index contributed by atoms with van der Waals surface area (Å²) < 4.78 is 4.27. The van der Waals surface area contributed by atoms with Gasteiger partial charge in [-0.05, 0) is 26.2 Å². The number of hydrogen-bond acceptors (Lipinski definition) is 1. The summed E-state index contributed by atoms with van der Waals surface area (Å²) in [5.41, 5.74) is 0. The molecule has 1 aromatic heterocycles. The monoisotopic (exact) mass is 211 g/mol. The molecule has 0 aliphatic rings. The maximum atomic E-state index is 10.3. The summed E-state index contributed by atoms with van der Waals surface area (Å²) in [4.78, 5) is 10.3. The second-order valence-corrected chi connectivity index (χ2v) is 3.69. The second kappa shape index (κ2) is 6.22. The van der Waals surface area contributed by atoms with Gasteiger partial charge in [-0.1, -0.05) is 0 Å². The highest BCUT2D eigenvalue weighted by atomic mass is 16.4. The molecule has 0 saturated carbocycles. The lowest BCUT2D eigenvalue weighted by molar-refractivity contribution is -0.696. The predicted octanol–water partition coefficient (Wildman–Crippen LogP) is 1.44. The third-order valence-electron chi connectivity index (χ3n) is 2.42. The van der Waals surface area contributed by atoms with Crippen LogP contribution >= 0.6 is 0 Å². The number of nitrogens with zero attached hydrogens (tertiary/aromatic N) is 2. The van der Waals surface area contributed by atoms with Crippen molar-refractivity contribution in [1.29, 1.82) is 0 Å². The molecule has 1 N–H and O–H groups in total. The third kappa shape index (κ3) is 4.63. The van der Waals surface area contributed by atoms with E-state index in [1.54, 1.807) is 0 Å². The van der Waals surface area contributed by atoms with Gasteiger partial charge in [0.1, 0.15) is 12.4 Å². The second-order valence-electron chi connectivity index (χ2n) is 3.69. The minimum Gasteiger partial charge on any atom is -0.481 e. The van der Waals surface area contributed by atoms with E-state index in [2.05, 4.69) is 34.8 Å². The zero-order chi connectivity index (χ0) is 11.1. The molecule has 0 aromatic carbocycles. The summed E-state index contributed by atoms with van der Waals surface area (Å²) in [5.74, 6) is -0.695. The maximum absolute atomic E-state index is 10.3. The first-order valence-corrected chi connectivity index (χ1v) is 5.49. The van der Waals surface area contributed by atoms with Crippen LogP contribution in [0.5, 0.6) is 0 Å². The number of aryl methyl sites for hydroxylation is 2. The fourth-order valence-corrected chi connectivity index (χ4v) is 1.51. The number of rotatable bonds is 7. The minimum atomic E-state index is -0.695. The molecule has 1 rings (SSSR count). The predicted molar refractivity (Wildman–Crippen MR) is 56.4 cm³/mol. The van der Waals surface area contributed by atoms with Gasteiger partial charge in [0.15, 0.2) is 0 Å². The van der Waals surface area contributed by atoms with Gasteiger partial charge in [-0.25, -0.2) is 9.13 Å². The van der Waals surface area contributed by atoms with E-state index in [0.29, 0.717) is 6.42 Å². The largest absolute Gasteiger partial charge is 0.481 e. The number of carboxylic acid groups (broad SMARTS) is 1. The van der Waals surface area contributed by atoms with Crippen LogP contribution in [0.2, 0.25) is 0 Å². The zero-order valence-electron chi connectivity index (χ0n) is 9.22. The Morgan fingerprint density at radius 1 is 1.40 bits per heavy atom. The number of hydrogen-bond donors (Lipinski definition) is 1. The van der Waals surface area contributed by atoms with Crippen LogP contribution in [0.15, 0.2) is 18.7 Å². The Morgan fingerprint density at radius 3 is 2.80 bits per heavy atom. The summed E-state index contributed by atoms with van der Waals surface area (Å²) in [6, 6.07) is 0. The molecule has 4 heteroatoms. The smallest absolute Gasteiger partial charge is 0.303 e. The van der Waals surface area contributed by atoms with Gasteiger partial charge in [-0.3, -0.25) is 4.79 Å². The Balaban J connectivity index is 2.12. The molecule has 0 unspecified atom stereocenters. The molecular weight excluding hydrogens is 192 g/mol. The van der Waals surface area contributed by atoms with Crippen molar-refractivity contribution in [3.05, 3.63) is 18.7 Å². The van der Waals surface area contributed by atoms with Crippen molar-refractivity contribution >= 4 is 5.97 Å². The molecule has 0 spiro atoms. The molecule has 0 aliphatic carbocycles. The van der Waals surface area contributed by atoms with Crippen molar-refractivity contribution < 1.29 is 14.5 Å². The highest BCUT2D eigenvalue weighted by molar-refractivity contribution is 5.66. The highest BCUT2D eigenvalue weighted by Gasteiger charge is 2.01. The lowest BCUT2D eigenvalue weighted by Gasteiger charge is -1.96. The molecule has 0 aliphatic heterocycles. The van der Waals surface area contributed by atoms with Gasteiger partial charge in [0, 0.05) is 6.42 Å². The number of unbranched alkanes of at least 4 members (excludes halogenated alkanes) is 2. The molecule has 1 aromatic rings. The molecule has 0 radical (unpaired) electrons. The number of aliphatic carboxylic acids is 1. The molecule has 0 saturated heterocycles. The summed E-state index contributed by atoms with van der Waals surface area (Å²) >= 11 is 0. The third-order valence-corrected chi connectivity index (χ3v) is 2.42. The van der Waals surface area contributed by atoms with Crippen molar-refractivity contribution in [3.63, 3.8) is 0 Å². The van der Waals surface area contributed by atoms with Gasteiger partial charge in [-0.15, -0.1) is 0 Å². The van der Waals surface area contributed by atoms with Gasteiger partial charge in [0.2, 0.25) is 6.33 Å². The van der Waals surface area contributed by atoms with E-state index in [9.17, 15) is 4.79 Å². The van der Waals surface area contributed by atoms with E-state index in [-0.39, 0.29) is 0 Å². The Bertz CT molecular complexity index is 307. The van der Waals surface area contributed by atoms with Crippen LogP contribution in [0.25, 0.3) is 0 Å². The molecule has 0 bridgehead atoms. The van der Waals surface area contributed by atoms with Gasteiger partial charge in [0.25, 0.3) is 0 Å². The van der Waals surface area contributed by atoms with Gasteiger partial charge in [-0.2, -0.15) is 0 Å². The van der Waals surface area contributed by atoms with E-state index < -0.39 is 5.97 Å². The summed E-state index contributed by atoms with van der Waals surface area (Å²) in [5, 5.41) is 8.46. The van der Waals surface area contributed by atoms with Crippen molar-refractivity contribution in [2.24, 2.45) is 0 Å². The average molecular weight is 211 g/mol. The van der Waals surface area contributed by atoms with Crippen LogP contribution in [0, 0.1) is 0 Å². The van der Waals surface area contributed by atoms with Gasteiger partial charge < -0.3 is 5.11 Å². The first-order valence-electron chi connectivity index (χ1n) is 5.49. The van der Waals surface area contributed by atoms with Gasteiger partial charge >= 0.3 is 5.97 Å². The van der Waals surface area contributed by atoms with Crippen LogP contribution in [-0.2, 0) is 17.9 Å². The Hall–Kier alpha value is -1.32. The van der Waals surface area contributed by atoms with Crippen LogP contribution in [-0.4, -0.2) is 15.6 Å². The maximum Gasteiger partial charge on any atom is 0.303 e. The van der Waals surface area contributed by atoms with Crippen LogP contribution in [0.4, 0.5) is 0 Å². The van der Waals surface area contributed by atoms with Crippen LogP contribution in [0.3, 0.4) is 0 Å². The number of carboxylic acids is 1. The molecule has 0 amide bonds. The van der Waals surface area contributed by atoms with E-state index in [1.165, 1.54) is 0 Å². The van der Waals surface area contributed by atoms with E-state index >= 15 is 0 Å². The standard InChI is InChI=1S/C11H18N2O2/c1-2-12-8-9-13(10-12)7-5-3-4-6-11(14)15/h8-10H,2-7H2,1H3/p+1. The normalized spacial score (nSPS) is 10.5. The SMILES string of the molecule is CCn1cc[n+](CCCCCC(=O)O)c1.